The van der Waals surface area contributed by atoms with Crippen LogP contribution in [0, 0.1) is 5.82 Å². The average molecular weight is 353 g/mol. The molecule has 0 atom stereocenters. The van der Waals surface area contributed by atoms with Crippen molar-refractivity contribution in [3.8, 4) is 0 Å². The van der Waals surface area contributed by atoms with E-state index in [1.54, 1.807) is 0 Å². The Hall–Kier alpha value is -1.92. The molecule has 3 N–H and O–H groups in total. The van der Waals surface area contributed by atoms with Gasteiger partial charge in [-0.15, -0.1) is 0 Å². The number of nitrogens with one attached hydrogen (secondary N) is 1. The second-order valence-electron chi connectivity index (χ2n) is 4.40. The highest BCUT2D eigenvalue weighted by molar-refractivity contribution is 9.10. The van der Waals surface area contributed by atoms with Crippen molar-refractivity contribution in [1.82, 2.24) is 0 Å². The third-order valence-electron chi connectivity index (χ3n) is 2.68. The molecule has 0 spiro atoms. The normalized spacial score (nSPS) is 10.4. The van der Waals surface area contributed by atoms with Crippen molar-refractivity contribution in [2.24, 2.45) is 0 Å². The number of carbonyl (C=O) groups is 1. The number of hydrogen-bond donors (Lipinski definition) is 2. The molecule has 21 heavy (non-hydrogen) atoms. The summed E-state index contributed by atoms with van der Waals surface area (Å²) in [5, 5.41) is 2.51. The van der Waals surface area contributed by atoms with Crippen molar-refractivity contribution >= 4 is 33.2 Å². The summed E-state index contributed by atoms with van der Waals surface area (Å²) in [5.74, 6) is -0.850. The highest BCUT2D eigenvalue weighted by Gasteiger charge is 2.07. The van der Waals surface area contributed by atoms with Gasteiger partial charge in [0.15, 0.2) is 0 Å². The van der Waals surface area contributed by atoms with Gasteiger partial charge in [-0.1, -0.05) is 28.1 Å². The van der Waals surface area contributed by atoms with E-state index in [1.165, 1.54) is 18.2 Å². The molecule has 0 aliphatic rings. The van der Waals surface area contributed by atoms with Crippen LogP contribution in [0.15, 0.2) is 46.9 Å². The number of halogens is 2. The van der Waals surface area contributed by atoms with E-state index >= 15 is 0 Å². The first kappa shape index (κ1) is 15.5. The monoisotopic (exact) mass is 352 g/mol. The topological polar surface area (TPSA) is 64.3 Å². The Labute approximate surface area is 130 Å². The van der Waals surface area contributed by atoms with E-state index in [4.69, 9.17) is 10.5 Å². The first-order valence-corrected chi connectivity index (χ1v) is 7.01. The Balaban J connectivity index is 1.84. The van der Waals surface area contributed by atoms with Gasteiger partial charge in [0, 0.05) is 4.47 Å². The van der Waals surface area contributed by atoms with E-state index in [2.05, 4.69) is 21.2 Å². The van der Waals surface area contributed by atoms with Crippen molar-refractivity contribution in [1.29, 1.82) is 0 Å². The Morgan fingerprint density at radius 3 is 2.86 bits per heavy atom. The Bertz CT molecular complexity index is 649. The van der Waals surface area contributed by atoms with Gasteiger partial charge in [0.05, 0.1) is 18.0 Å². The van der Waals surface area contributed by atoms with Gasteiger partial charge in [-0.05, 0) is 35.9 Å². The molecule has 1 amide bonds. The maximum absolute atomic E-state index is 13.1. The molecular formula is C15H14BrFN2O2. The number of anilines is 2. The molecule has 0 aliphatic carbocycles. The lowest BCUT2D eigenvalue weighted by atomic mass is 10.2. The molecule has 0 aromatic heterocycles. The zero-order valence-corrected chi connectivity index (χ0v) is 12.7. The lowest BCUT2D eigenvalue weighted by Gasteiger charge is -2.09. The van der Waals surface area contributed by atoms with Gasteiger partial charge < -0.3 is 15.8 Å². The minimum Gasteiger partial charge on any atom is -0.397 e. The molecule has 0 bridgehead atoms. The number of benzene rings is 2. The van der Waals surface area contributed by atoms with E-state index in [0.717, 1.165) is 10.0 Å². The van der Waals surface area contributed by atoms with E-state index in [1.807, 2.05) is 24.3 Å². The number of nitrogens with two attached hydrogens (primary N) is 1. The van der Waals surface area contributed by atoms with Gasteiger partial charge in [-0.25, -0.2) is 4.39 Å². The molecule has 0 saturated carbocycles. The summed E-state index contributed by atoms with van der Waals surface area (Å²) in [6.45, 7) is 0.175. The SMILES string of the molecule is Nc1ccc(F)cc1NC(=O)COCc1cccc(Br)c1. The summed E-state index contributed by atoms with van der Waals surface area (Å²) in [4.78, 5) is 11.7. The summed E-state index contributed by atoms with van der Waals surface area (Å²) in [6, 6.07) is 11.4. The summed E-state index contributed by atoms with van der Waals surface area (Å²) in [5.41, 5.74) is 7.14. The van der Waals surface area contributed by atoms with E-state index in [0.29, 0.717) is 12.3 Å². The molecule has 0 heterocycles. The van der Waals surface area contributed by atoms with Gasteiger partial charge in [-0.2, -0.15) is 0 Å². The van der Waals surface area contributed by atoms with Crippen LogP contribution < -0.4 is 11.1 Å². The standard InChI is InChI=1S/C15H14BrFN2O2/c16-11-3-1-2-10(6-11)8-21-9-15(20)19-14-7-12(17)4-5-13(14)18/h1-7H,8-9,18H2,(H,19,20). The van der Waals surface area contributed by atoms with Crippen LogP contribution in [0.25, 0.3) is 0 Å². The van der Waals surface area contributed by atoms with Crippen molar-refractivity contribution in [3.63, 3.8) is 0 Å². The third-order valence-corrected chi connectivity index (χ3v) is 3.17. The van der Waals surface area contributed by atoms with Crippen LogP contribution >= 0.6 is 15.9 Å². The number of amides is 1. The highest BCUT2D eigenvalue weighted by Crippen LogP contribution is 2.19. The minimum absolute atomic E-state index is 0.136. The van der Waals surface area contributed by atoms with Crippen LogP contribution in [0.3, 0.4) is 0 Å². The maximum atomic E-state index is 13.1. The molecule has 0 radical (unpaired) electrons. The fourth-order valence-electron chi connectivity index (χ4n) is 1.71. The van der Waals surface area contributed by atoms with Crippen LogP contribution in [0.2, 0.25) is 0 Å². The van der Waals surface area contributed by atoms with Gasteiger partial charge in [0.2, 0.25) is 5.91 Å². The van der Waals surface area contributed by atoms with Crippen molar-refractivity contribution in [2.45, 2.75) is 6.61 Å². The van der Waals surface area contributed by atoms with Crippen molar-refractivity contribution in [3.05, 3.63) is 58.3 Å². The van der Waals surface area contributed by atoms with Gasteiger partial charge in [0.25, 0.3) is 0 Å². The molecule has 0 fully saturated rings. The predicted molar refractivity (Wildman–Crippen MR) is 83.2 cm³/mol. The van der Waals surface area contributed by atoms with Crippen LogP contribution in [0.1, 0.15) is 5.56 Å². The zero-order valence-electron chi connectivity index (χ0n) is 11.1. The maximum Gasteiger partial charge on any atom is 0.250 e. The minimum atomic E-state index is -0.463. The number of ether oxygens (including phenoxy) is 1. The van der Waals surface area contributed by atoms with E-state index in [-0.39, 0.29) is 18.2 Å². The summed E-state index contributed by atoms with van der Waals surface area (Å²) < 4.78 is 19.3. The summed E-state index contributed by atoms with van der Waals surface area (Å²) >= 11 is 3.36. The first-order chi connectivity index (χ1) is 10.0. The summed E-state index contributed by atoms with van der Waals surface area (Å²) in [7, 11) is 0. The van der Waals surface area contributed by atoms with Crippen LogP contribution in [0.4, 0.5) is 15.8 Å². The molecule has 2 rings (SSSR count). The molecule has 4 nitrogen and oxygen atoms in total. The Morgan fingerprint density at radius 1 is 1.29 bits per heavy atom. The lowest BCUT2D eigenvalue weighted by molar-refractivity contribution is -0.121. The predicted octanol–water partition coefficient (Wildman–Crippen LogP) is 3.33. The Morgan fingerprint density at radius 2 is 2.10 bits per heavy atom. The number of carbonyl (C=O) groups excluding carboxylic acids is 1. The average Bonchev–Trinajstić information content (AvgIpc) is 2.43. The molecule has 0 saturated heterocycles. The number of nitrogen functional groups attached to an aromatic ring is 1. The summed E-state index contributed by atoms with van der Waals surface area (Å²) in [6.07, 6.45) is 0. The van der Waals surface area contributed by atoms with Gasteiger partial charge in [-0.3, -0.25) is 4.79 Å². The Kier molecular flexibility index (Phi) is 5.30. The quantitative estimate of drug-likeness (QED) is 0.811. The van der Waals surface area contributed by atoms with Crippen LogP contribution in [-0.4, -0.2) is 12.5 Å². The van der Waals surface area contributed by atoms with Crippen LogP contribution in [-0.2, 0) is 16.1 Å². The molecule has 6 heteroatoms. The largest absolute Gasteiger partial charge is 0.397 e. The molecule has 0 aliphatic heterocycles. The second-order valence-corrected chi connectivity index (χ2v) is 5.32. The van der Waals surface area contributed by atoms with Crippen LogP contribution in [0.5, 0.6) is 0 Å². The molecule has 110 valence electrons. The molecule has 2 aromatic rings. The molecular weight excluding hydrogens is 339 g/mol. The fourth-order valence-corrected chi connectivity index (χ4v) is 2.16. The van der Waals surface area contributed by atoms with Gasteiger partial charge >= 0.3 is 0 Å². The second kappa shape index (κ2) is 7.19. The van der Waals surface area contributed by atoms with Crippen molar-refractivity contribution in [2.75, 3.05) is 17.7 Å². The third kappa shape index (κ3) is 4.84. The smallest absolute Gasteiger partial charge is 0.250 e. The zero-order chi connectivity index (χ0) is 15.2. The fraction of sp³-hybridized carbons (Fsp3) is 0.133. The number of rotatable bonds is 5. The van der Waals surface area contributed by atoms with Crippen molar-refractivity contribution < 1.29 is 13.9 Å². The first-order valence-electron chi connectivity index (χ1n) is 6.21. The molecule has 2 aromatic carbocycles. The molecule has 0 unspecified atom stereocenters. The van der Waals surface area contributed by atoms with E-state index in [9.17, 15) is 9.18 Å². The number of hydrogen-bond acceptors (Lipinski definition) is 3. The highest BCUT2D eigenvalue weighted by atomic mass is 79.9. The lowest BCUT2D eigenvalue weighted by Crippen LogP contribution is -2.19. The van der Waals surface area contributed by atoms with Gasteiger partial charge in [0.1, 0.15) is 12.4 Å². The van der Waals surface area contributed by atoms with E-state index < -0.39 is 5.82 Å².